The average Bonchev–Trinajstić information content (AvgIpc) is 2.62. The highest BCUT2D eigenvalue weighted by Crippen LogP contribution is 2.33. The fourth-order valence-electron chi connectivity index (χ4n) is 3.77. The second-order valence-corrected chi connectivity index (χ2v) is 7.45. The third-order valence-electron chi connectivity index (χ3n) is 5.27. The molecule has 2 aromatic rings. The van der Waals surface area contributed by atoms with E-state index >= 15 is 0 Å². The van der Waals surface area contributed by atoms with E-state index in [-0.39, 0.29) is 11.6 Å². The van der Waals surface area contributed by atoms with Crippen LogP contribution in [-0.4, -0.2) is 41.0 Å². The third-order valence-corrected chi connectivity index (χ3v) is 5.27. The molecular formula is C20H24F4N4. The Bertz CT molecular complexity index is 835. The maximum absolute atomic E-state index is 14.3. The highest BCUT2D eigenvalue weighted by molar-refractivity contribution is 5.66. The van der Waals surface area contributed by atoms with Crippen molar-refractivity contribution in [2.45, 2.75) is 50.9 Å². The van der Waals surface area contributed by atoms with Gasteiger partial charge in [0, 0.05) is 29.4 Å². The van der Waals surface area contributed by atoms with E-state index in [1.807, 2.05) is 14.1 Å². The Balaban J connectivity index is 1.83. The van der Waals surface area contributed by atoms with Gasteiger partial charge in [0.25, 0.3) is 0 Å². The Kier molecular flexibility index (Phi) is 5.88. The van der Waals surface area contributed by atoms with Crippen molar-refractivity contribution < 1.29 is 17.6 Å². The molecule has 8 heteroatoms. The average molecular weight is 396 g/mol. The van der Waals surface area contributed by atoms with E-state index in [9.17, 15) is 17.6 Å². The zero-order chi connectivity index (χ0) is 20.5. The van der Waals surface area contributed by atoms with E-state index in [1.165, 1.54) is 12.6 Å². The maximum atomic E-state index is 14.3. The molecule has 3 rings (SSSR count). The van der Waals surface area contributed by atoms with Gasteiger partial charge in [0.1, 0.15) is 5.82 Å². The molecule has 2 atom stereocenters. The van der Waals surface area contributed by atoms with Crippen LogP contribution in [0.4, 0.5) is 23.5 Å². The lowest BCUT2D eigenvalue weighted by molar-refractivity contribution is -0.137. The smallest absolute Gasteiger partial charge is 0.350 e. The van der Waals surface area contributed by atoms with E-state index in [4.69, 9.17) is 0 Å². The number of rotatable bonds is 4. The zero-order valence-corrected chi connectivity index (χ0v) is 16.1. The second kappa shape index (κ2) is 8.03. The zero-order valence-electron chi connectivity index (χ0n) is 16.1. The maximum Gasteiger partial charge on any atom is 0.416 e. The minimum atomic E-state index is -4.58. The third kappa shape index (κ3) is 4.43. The molecule has 1 saturated carbocycles. The predicted molar refractivity (Wildman–Crippen MR) is 101 cm³/mol. The molecule has 0 saturated heterocycles. The summed E-state index contributed by atoms with van der Waals surface area (Å²) in [5, 5.41) is 3.37. The number of aryl methyl sites for hydroxylation is 1. The first-order valence-corrected chi connectivity index (χ1v) is 9.30. The number of likely N-dealkylation sites (N-methyl/N-ethyl adjacent to an activating group) is 1. The Morgan fingerprint density at radius 1 is 1.11 bits per heavy atom. The van der Waals surface area contributed by atoms with E-state index in [0.717, 1.165) is 31.4 Å². The molecule has 0 spiro atoms. The SMILES string of the molecule is Cc1nc(N[C@H]2CCCC[C@@H]2N(C)C)ncc1-c1ccc(C(F)(F)F)cc1F. The minimum Gasteiger partial charge on any atom is -0.350 e. The van der Waals surface area contributed by atoms with Gasteiger partial charge in [-0.3, -0.25) is 0 Å². The van der Waals surface area contributed by atoms with Gasteiger partial charge in [-0.05, 0) is 46.0 Å². The summed E-state index contributed by atoms with van der Waals surface area (Å²) in [7, 11) is 4.10. The van der Waals surface area contributed by atoms with Crippen molar-refractivity contribution in [1.29, 1.82) is 0 Å². The number of hydrogen-bond donors (Lipinski definition) is 1. The summed E-state index contributed by atoms with van der Waals surface area (Å²) in [6.45, 7) is 1.70. The van der Waals surface area contributed by atoms with Gasteiger partial charge in [-0.2, -0.15) is 13.2 Å². The number of aromatic nitrogens is 2. The van der Waals surface area contributed by atoms with Crippen LogP contribution in [0.5, 0.6) is 0 Å². The molecule has 0 bridgehead atoms. The second-order valence-electron chi connectivity index (χ2n) is 7.45. The molecule has 1 aromatic carbocycles. The lowest BCUT2D eigenvalue weighted by Gasteiger charge is -2.36. The van der Waals surface area contributed by atoms with Crippen LogP contribution in [0.15, 0.2) is 24.4 Å². The molecule has 0 unspecified atom stereocenters. The number of benzene rings is 1. The lowest BCUT2D eigenvalue weighted by atomic mass is 9.89. The topological polar surface area (TPSA) is 41.1 Å². The molecule has 0 amide bonds. The van der Waals surface area contributed by atoms with Gasteiger partial charge in [0.05, 0.1) is 11.3 Å². The number of anilines is 1. The van der Waals surface area contributed by atoms with Gasteiger partial charge in [0.15, 0.2) is 0 Å². The Morgan fingerprint density at radius 3 is 2.43 bits per heavy atom. The summed E-state index contributed by atoms with van der Waals surface area (Å²) < 4.78 is 52.5. The monoisotopic (exact) mass is 396 g/mol. The van der Waals surface area contributed by atoms with E-state index in [0.29, 0.717) is 29.3 Å². The van der Waals surface area contributed by atoms with E-state index in [2.05, 4.69) is 20.2 Å². The number of nitrogens with zero attached hydrogens (tertiary/aromatic N) is 3. The summed E-state index contributed by atoms with van der Waals surface area (Å²) in [4.78, 5) is 10.9. The molecule has 1 heterocycles. The van der Waals surface area contributed by atoms with Crippen molar-refractivity contribution in [2.75, 3.05) is 19.4 Å². The molecule has 28 heavy (non-hydrogen) atoms. The van der Waals surface area contributed by atoms with Crippen molar-refractivity contribution in [1.82, 2.24) is 14.9 Å². The van der Waals surface area contributed by atoms with Crippen LogP contribution in [-0.2, 0) is 6.18 Å². The van der Waals surface area contributed by atoms with Crippen LogP contribution in [0.25, 0.3) is 11.1 Å². The van der Waals surface area contributed by atoms with Gasteiger partial charge in [-0.15, -0.1) is 0 Å². The highest BCUT2D eigenvalue weighted by Gasteiger charge is 2.31. The number of alkyl halides is 3. The Hall–Kier alpha value is -2.22. The molecular weight excluding hydrogens is 372 g/mol. The first-order chi connectivity index (χ1) is 13.2. The molecule has 1 aliphatic rings. The van der Waals surface area contributed by atoms with Crippen molar-refractivity contribution in [3.05, 3.63) is 41.5 Å². The van der Waals surface area contributed by atoms with Gasteiger partial charge in [0.2, 0.25) is 5.95 Å². The number of halogens is 4. The summed E-state index contributed by atoms with van der Waals surface area (Å²) >= 11 is 0. The number of nitrogens with one attached hydrogen (secondary N) is 1. The van der Waals surface area contributed by atoms with Crippen LogP contribution in [0, 0.1) is 12.7 Å². The fourth-order valence-corrected chi connectivity index (χ4v) is 3.77. The predicted octanol–water partition coefficient (Wildman–Crippen LogP) is 4.89. The van der Waals surface area contributed by atoms with Crippen molar-refractivity contribution in [3.8, 4) is 11.1 Å². The van der Waals surface area contributed by atoms with Gasteiger partial charge < -0.3 is 10.2 Å². The van der Waals surface area contributed by atoms with Gasteiger partial charge >= 0.3 is 6.18 Å². The normalized spacial score (nSPS) is 20.4. The van der Waals surface area contributed by atoms with Crippen LogP contribution in [0.1, 0.15) is 36.9 Å². The first-order valence-electron chi connectivity index (χ1n) is 9.30. The van der Waals surface area contributed by atoms with Crippen LogP contribution in [0.2, 0.25) is 0 Å². The molecule has 1 aliphatic carbocycles. The molecule has 152 valence electrons. The summed E-state index contributed by atoms with van der Waals surface area (Å²) in [6.07, 6.45) is 1.31. The molecule has 1 aromatic heterocycles. The van der Waals surface area contributed by atoms with Crippen molar-refractivity contribution >= 4 is 5.95 Å². The molecule has 0 radical (unpaired) electrons. The number of hydrogen-bond acceptors (Lipinski definition) is 4. The molecule has 1 fully saturated rings. The molecule has 4 nitrogen and oxygen atoms in total. The summed E-state index contributed by atoms with van der Waals surface area (Å²) in [5.74, 6) is -0.491. The van der Waals surface area contributed by atoms with Crippen LogP contribution in [0.3, 0.4) is 0 Å². The van der Waals surface area contributed by atoms with Crippen molar-refractivity contribution in [2.24, 2.45) is 0 Å². The summed E-state index contributed by atoms with van der Waals surface area (Å²) in [5.41, 5.74) is -0.0727. The minimum absolute atomic E-state index is 0.0564. The fraction of sp³-hybridized carbons (Fsp3) is 0.500. The summed E-state index contributed by atoms with van der Waals surface area (Å²) in [6, 6.07) is 3.10. The Labute approximate surface area is 162 Å². The van der Waals surface area contributed by atoms with Crippen LogP contribution >= 0.6 is 0 Å². The Morgan fingerprint density at radius 2 is 1.82 bits per heavy atom. The molecule has 0 aliphatic heterocycles. The largest absolute Gasteiger partial charge is 0.416 e. The van der Waals surface area contributed by atoms with Gasteiger partial charge in [-0.1, -0.05) is 18.9 Å². The quantitative estimate of drug-likeness (QED) is 0.747. The highest BCUT2D eigenvalue weighted by atomic mass is 19.4. The lowest BCUT2D eigenvalue weighted by Crippen LogP contribution is -2.45. The molecule has 1 N–H and O–H groups in total. The van der Waals surface area contributed by atoms with Crippen LogP contribution < -0.4 is 5.32 Å². The van der Waals surface area contributed by atoms with E-state index in [1.54, 1.807) is 6.92 Å². The first kappa shape index (κ1) is 20.5. The van der Waals surface area contributed by atoms with Gasteiger partial charge in [-0.25, -0.2) is 14.4 Å². The van der Waals surface area contributed by atoms with E-state index < -0.39 is 17.6 Å². The van der Waals surface area contributed by atoms with Crippen molar-refractivity contribution in [3.63, 3.8) is 0 Å². The standard InChI is InChI=1S/C20H24F4N4/c1-12-15(14-9-8-13(10-16(14)21)20(22,23)24)11-25-19(26-12)27-17-6-4-5-7-18(17)28(2)3/h8-11,17-18H,4-7H2,1-3H3,(H,25,26,27)/t17-,18-/m0/s1.